The Kier molecular flexibility index (Phi) is 4.96. The third-order valence-electron chi connectivity index (χ3n) is 2.60. The number of nitrogens with one attached hydrogen (secondary N) is 1. The van der Waals surface area contributed by atoms with Gasteiger partial charge in [-0.1, -0.05) is 11.6 Å². The minimum Gasteiger partial charge on any atom is -0.495 e. The summed E-state index contributed by atoms with van der Waals surface area (Å²) in [6.45, 7) is 0. The Bertz CT molecular complexity index is 664. The van der Waals surface area contributed by atoms with Gasteiger partial charge in [0.25, 0.3) is 5.91 Å². The zero-order valence-electron chi connectivity index (χ0n) is 10.5. The van der Waals surface area contributed by atoms with Crippen LogP contribution >= 0.6 is 40.2 Å². The molecule has 0 atom stereocenters. The number of ether oxygens (including phenoxy) is 1. The number of halogens is 2. The summed E-state index contributed by atoms with van der Waals surface area (Å²) >= 11 is 13.5. The number of methoxy groups -OCH3 is 1. The molecule has 20 heavy (non-hydrogen) atoms. The molecule has 0 spiro atoms. The first-order chi connectivity index (χ1) is 9.51. The van der Waals surface area contributed by atoms with Crippen LogP contribution in [0.4, 0.5) is 5.69 Å². The van der Waals surface area contributed by atoms with Crippen LogP contribution in [0.15, 0.2) is 45.8 Å². The largest absolute Gasteiger partial charge is 0.495 e. The van der Waals surface area contributed by atoms with Crippen molar-refractivity contribution < 1.29 is 9.53 Å². The van der Waals surface area contributed by atoms with Crippen LogP contribution in [-0.2, 0) is 0 Å². The lowest BCUT2D eigenvalue weighted by atomic mass is 10.2. The van der Waals surface area contributed by atoms with E-state index in [0.29, 0.717) is 31.4 Å². The zero-order chi connectivity index (χ0) is 14.7. The Hall–Kier alpha value is -1.17. The second-order valence-electron chi connectivity index (χ2n) is 3.96. The number of amides is 1. The average Bonchev–Trinajstić information content (AvgIpc) is 2.41. The molecular weight excluding hydrogens is 362 g/mol. The van der Waals surface area contributed by atoms with Gasteiger partial charge in [0.1, 0.15) is 5.75 Å². The van der Waals surface area contributed by atoms with E-state index >= 15 is 0 Å². The van der Waals surface area contributed by atoms with Gasteiger partial charge in [-0.25, -0.2) is 0 Å². The molecule has 2 aromatic rings. The summed E-state index contributed by atoms with van der Waals surface area (Å²) in [6.07, 6.45) is 0. The first kappa shape index (κ1) is 15.2. The molecule has 0 fully saturated rings. The van der Waals surface area contributed by atoms with Gasteiger partial charge in [-0.15, -0.1) is 12.6 Å². The molecule has 0 bridgehead atoms. The highest BCUT2D eigenvalue weighted by molar-refractivity contribution is 9.10. The van der Waals surface area contributed by atoms with Gasteiger partial charge in [0.15, 0.2) is 0 Å². The van der Waals surface area contributed by atoms with Gasteiger partial charge >= 0.3 is 0 Å². The lowest BCUT2D eigenvalue weighted by Crippen LogP contribution is -2.13. The van der Waals surface area contributed by atoms with Crippen molar-refractivity contribution in [1.82, 2.24) is 0 Å². The van der Waals surface area contributed by atoms with Crippen LogP contribution in [0.3, 0.4) is 0 Å². The normalized spacial score (nSPS) is 10.2. The Morgan fingerprint density at radius 1 is 1.30 bits per heavy atom. The highest BCUT2D eigenvalue weighted by atomic mass is 79.9. The van der Waals surface area contributed by atoms with Gasteiger partial charge in [-0.2, -0.15) is 0 Å². The summed E-state index contributed by atoms with van der Waals surface area (Å²) in [4.78, 5) is 13.0. The summed E-state index contributed by atoms with van der Waals surface area (Å²) in [5, 5.41) is 3.29. The van der Waals surface area contributed by atoms with Crippen LogP contribution in [-0.4, -0.2) is 13.0 Å². The first-order valence-electron chi connectivity index (χ1n) is 5.64. The number of hydrogen-bond acceptors (Lipinski definition) is 3. The maximum absolute atomic E-state index is 12.3. The number of benzene rings is 2. The van der Waals surface area contributed by atoms with Gasteiger partial charge in [0.2, 0.25) is 0 Å². The van der Waals surface area contributed by atoms with E-state index in [9.17, 15) is 4.79 Å². The molecule has 1 N–H and O–H groups in total. The van der Waals surface area contributed by atoms with E-state index in [1.807, 2.05) is 0 Å². The van der Waals surface area contributed by atoms with Crippen molar-refractivity contribution in [3.8, 4) is 5.75 Å². The Balaban J connectivity index is 2.32. The first-order valence-corrected chi connectivity index (χ1v) is 7.26. The highest BCUT2D eigenvalue weighted by Gasteiger charge is 2.13. The van der Waals surface area contributed by atoms with Crippen molar-refractivity contribution in [2.24, 2.45) is 0 Å². The lowest BCUT2D eigenvalue weighted by molar-refractivity contribution is 0.102. The van der Waals surface area contributed by atoms with Crippen LogP contribution in [0.1, 0.15) is 10.4 Å². The molecule has 0 aliphatic heterocycles. The summed E-state index contributed by atoms with van der Waals surface area (Å²) in [5.74, 6) is 0.272. The molecule has 0 unspecified atom stereocenters. The molecule has 0 aliphatic rings. The quantitative estimate of drug-likeness (QED) is 0.770. The van der Waals surface area contributed by atoms with Crippen molar-refractivity contribution in [1.29, 1.82) is 0 Å². The number of hydrogen-bond donors (Lipinski definition) is 2. The monoisotopic (exact) mass is 371 g/mol. The second kappa shape index (κ2) is 6.52. The molecule has 3 nitrogen and oxygen atoms in total. The van der Waals surface area contributed by atoms with Crippen molar-refractivity contribution in [3.63, 3.8) is 0 Å². The smallest absolute Gasteiger partial charge is 0.256 e. The topological polar surface area (TPSA) is 38.3 Å². The maximum Gasteiger partial charge on any atom is 0.256 e. The van der Waals surface area contributed by atoms with Crippen LogP contribution in [0.5, 0.6) is 5.75 Å². The predicted molar refractivity (Wildman–Crippen MR) is 87.4 cm³/mol. The molecule has 104 valence electrons. The molecule has 2 rings (SSSR count). The summed E-state index contributed by atoms with van der Waals surface area (Å²) in [5.41, 5.74) is 1.00. The molecule has 1 amide bonds. The number of anilines is 1. The Morgan fingerprint density at radius 2 is 2.05 bits per heavy atom. The average molecular weight is 373 g/mol. The molecule has 6 heteroatoms. The van der Waals surface area contributed by atoms with E-state index < -0.39 is 0 Å². The Morgan fingerprint density at radius 3 is 2.75 bits per heavy atom. The number of carbonyl (C=O) groups excluding carboxylic acids is 1. The minimum atomic E-state index is -0.270. The zero-order valence-corrected chi connectivity index (χ0v) is 13.7. The van der Waals surface area contributed by atoms with Crippen LogP contribution in [0.25, 0.3) is 0 Å². The molecule has 0 saturated carbocycles. The Labute approximate surface area is 135 Å². The molecular formula is C14H11BrClNO2S. The van der Waals surface area contributed by atoms with Crippen LogP contribution < -0.4 is 10.1 Å². The number of carbonyl (C=O) groups is 1. The summed E-state index contributed by atoms with van der Waals surface area (Å²) in [7, 11) is 1.53. The third kappa shape index (κ3) is 3.48. The fraction of sp³-hybridized carbons (Fsp3) is 0.0714. The van der Waals surface area contributed by atoms with Crippen molar-refractivity contribution in [2.75, 3.05) is 12.4 Å². The van der Waals surface area contributed by atoms with E-state index in [4.69, 9.17) is 16.3 Å². The van der Waals surface area contributed by atoms with Gasteiger partial charge in [0.05, 0.1) is 18.4 Å². The molecule has 0 radical (unpaired) electrons. The SMILES string of the molecule is COc1ccc(Cl)cc1NC(=O)c1cc(S)ccc1Br. The van der Waals surface area contributed by atoms with Crippen LogP contribution in [0.2, 0.25) is 5.02 Å². The van der Waals surface area contributed by atoms with Gasteiger partial charge in [-0.3, -0.25) is 4.79 Å². The van der Waals surface area contributed by atoms with Crippen molar-refractivity contribution >= 4 is 51.8 Å². The van der Waals surface area contributed by atoms with Crippen molar-refractivity contribution in [3.05, 3.63) is 51.5 Å². The molecule has 0 heterocycles. The second-order valence-corrected chi connectivity index (χ2v) is 5.77. The van der Waals surface area contributed by atoms with Gasteiger partial charge in [0, 0.05) is 14.4 Å². The van der Waals surface area contributed by atoms with Gasteiger partial charge in [-0.05, 0) is 52.3 Å². The summed E-state index contributed by atoms with van der Waals surface area (Å²) in [6, 6.07) is 10.3. The fourth-order valence-electron chi connectivity index (χ4n) is 1.65. The standard InChI is InChI=1S/C14H11BrClNO2S/c1-19-13-5-2-8(16)6-12(13)17-14(18)10-7-9(20)3-4-11(10)15/h2-7,20H,1H3,(H,17,18). The van der Waals surface area contributed by atoms with Gasteiger partial charge < -0.3 is 10.1 Å². The fourth-order valence-corrected chi connectivity index (χ4v) is 2.46. The summed E-state index contributed by atoms with van der Waals surface area (Å²) < 4.78 is 5.88. The van der Waals surface area contributed by atoms with Crippen molar-refractivity contribution in [2.45, 2.75) is 4.90 Å². The van der Waals surface area contributed by atoms with E-state index in [1.165, 1.54) is 7.11 Å². The predicted octanol–water partition coefficient (Wildman–Crippen LogP) is 4.65. The minimum absolute atomic E-state index is 0.270. The van der Waals surface area contributed by atoms with Crippen LogP contribution in [0, 0.1) is 0 Å². The van der Waals surface area contributed by atoms with E-state index in [-0.39, 0.29) is 5.91 Å². The number of rotatable bonds is 3. The molecule has 0 aromatic heterocycles. The molecule has 0 saturated heterocycles. The lowest BCUT2D eigenvalue weighted by Gasteiger charge is -2.11. The number of thiol groups is 1. The van der Waals surface area contributed by atoms with E-state index in [0.717, 1.165) is 0 Å². The van der Waals surface area contributed by atoms with E-state index in [2.05, 4.69) is 33.9 Å². The molecule has 0 aliphatic carbocycles. The highest BCUT2D eigenvalue weighted by Crippen LogP contribution is 2.29. The maximum atomic E-state index is 12.3. The third-order valence-corrected chi connectivity index (χ3v) is 3.81. The molecule has 2 aromatic carbocycles. The van der Waals surface area contributed by atoms with E-state index in [1.54, 1.807) is 36.4 Å².